The molecule has 8 nitrogen and oxygen atoms in total. The molecule has 0 amide bonds. The van der Waals surface area contributed by atoms with E-state index in [-0.39, 0.29) is 61.4 Å². The number of Topliss-reactive ketones (excluding diaryl/α,β-unsaturated/α-hetero) is 2. The van der Waals surface area contributed by atoms with Crippen LogP contribution in [0.3, 0.4) is 0 Å². The smallest absolute Gasteiger partial charge is 0.306 e. The molecule has 0 N–H and O–H groups in total. The first-order chi connectivity index (χ1) is 20.3. The molecule has 0 aliphatic carbocycles. The molecule has 8 heteroatoms. The van der Waals surface area contributed by atoms with Gasteiger partial charge in [0.25, 0.3) is 0 Å². The van der Waals surface area contributed by atoms with Gasteiger partial charge in [0.2, 0.25) is 0 Å². The Hall–Kier alpha value is -3.36. The van der Waals surface area contributed by atoms with Gasteiger partial charge in [-0.3, -0.25) is 9.59 Å². The molecule has 0 heterocycles. The van der Waals surface area contributed by atoms with E-state index in [0.29, 0.717) is 52.1 Å². The molecule has 0 aliphatic rings. The molecular formula is C34H46O8. The normalized spacial score (nSPS) is 12.3. The number of esters is 2. The van der Waals surface area contributed by atoms with Crippen LogP contribution in [-0.4, -0.2) is 49.9 Å². The van der Waals surface area contributed by atoms with Crippen LogP contribution in [0.5, 0.6) is 0 Å². The maximum Gasteiger partial charge on any atom is 0.306 e. The third-order valence-corrected chi connectivity index (χ3v) is 6.72. The standard InChI is InChI=1S/C34H46O8/c1-27(35)21-31(23-33(37)41-25-29-11-5-3-6-12-29)15-9-17-39-19-20-40-18-10-16-32(22-28(2)36)24-34(38)42-26-30-13-7-4-8-14-30/h3-8,11-14,31-32H,9-10,15-26H2,1-2H3. The lowest BCUT2D eigenvalue weighted by Crippen LogP contribution is -2.16. The second-order valence-electron chi connectivity index (χ2n) is 10.8. The van der Waals surface area contributed by atoms with Crippen LogP contribution in [0.25, 0.3) is 0 Å². The van der Waals surface area contributed by atoms with E-state index in [1.54, 1.807) is 0 Å². The van der Waals surface area contributed by atoms with Crippen molar-refractivity contribution in [1.82, 2.24) is 0 Å². The molecule has 2 aromatic carbocycles. The van der Waals surface area contributed by atoms with E-state index in [4.69, 9.17) is 18.9 Å². The van der Waals surface area contributed by atoms with Crippen molar-refractivity contribution in [2.75, 3.05) is 26.4 Å². The molecule has 0 saturated heterocycles. The quantitative estimate of drug-likeness (QED) is 0.115. The van der Waals surface area contributed by atoms with Crippen LogP contribution >= 0.6 is 0 Å². The first-order valence-electron chi connectivity index (χ1n) is 14.8. The Kier molecular flexibility index (Phi) is 17.7. The van der Waals surface area contributed by atoms with Gasteiger partial charge in [0.15, 0.2) is 0 Å². The number of carbonyl (C=O) groups excluding carboxylic acids is 4. The van der Waals surface area contributed by atoms with Crippen molar-refractivity contribution in [2.45, 2.75) is 78.4 Å². The highest BCUT2D eigenvalue weighted by atomic mass is 16.5. The minimum atomic E-state index is -0.297. The van der Waals surface area contributed by atoms with Gasteiger partial charge in [0.05, 0.1) is 13.2 Å². The number of hydrogen-bond acceptors (Lipinski definition) is 8. The third-order valence-electron chi connectivity index (χ3n) is 6.72. The van der Waals surface area contributed by atoms with E-state index < -0.39 is 0 Å². The summed E-state index contributed by atoms with van der Waals surface area (Å²) in [6.07, 6.45) is 3.99. The highest BCUT2D eigenvalue weighted by molar-refractivity contribution is 5.77. The van der Waals surface area contributed by atoms with Gasteiger partial charge in [0.1, 0.15) is 24.8 Å². The molecular weight excluding hydrogens is 536 g/mol. The molecule has 0 aliphatic heterocycles. The maximum absolute atomic E-state index is 12.3. The van der Waals surface area contributed by atoms with Crippen molar-refractivity contribution in [1.29, 1.82) is 0 Å². The van der Waals surface area contributed by atoms with E-state index >= 15 is 0 Å². The Labute approximate surface area is 250 Å². The monoisotopic (exact) mass is 582 g/mol. The number of ether oxygens (including phenoxy) is 4. The fourth-order valence-electron chi connectivity index (χ4n) is 4.70. The van der Waals surface area contributed by atoms with Crippen molar-refractivity contribution in [3.63, 3.8) is 0 Å². The summed E-state index contributed by atoms with van der Waals surface area (Å²) in [5, 5.41) is 0. The van der Waals surface area contributed by atoms with Gasteiger partial charge in [-0.2, -0.15) is 0 Å². The van der Waals surface area contributed by atoms with Crippen LogP contribution in [0, 0.1) is 11.8 Å². The predicted octanol–water partition coefficient (Wildman–Crippen LogP) is 6.04. The van der Waals surface area contributed by atoms with Crippen LogP contribution in [0.4, 0.5) is 0 Å². The molecule has 0 aromatic heterocycles. The fourth-order valence-corrected chi connectivity index (χ4v) is 4.70. The van der Waals surface area contributed by atoms with E-state index in [2.05, 4.69) is 0 Å². The minimum absolute atomic E-state index is 0.0554. The number of ketones is 2. The van der Waals surface area contributed by atoms with Crippen molar-refractivity contribution in [3.8, 4) is 0 Å². The van der Waals surface area contributed by atoms with Crippen molar-refractivity contribution >= 4 is 23.5 Å². The second kappa shape index (κ2) is 21.4. The van der Waals surface area contributed by atoms with Crippen LogP contribution in [0.2, 0.25) is 0 Å². The summed E-state index contributed by atoms with van der Waals surface area (Å²) in [7, 11) is 0. The molecule has 2 atom stereocenters. The fraction of sp³-hybridized carbons (Fsp3) is 0.529. The summed E-state index contributed by atoms with van der Waals surface area (Å²) >= 11 is 0. The van der Waals surface area contributed by atoms with Crippen LogP contribution in [0.15, 0.2) is 60.7 Å². The van der Waals surface area contributed by atoms with E-state index in [1.165, 1.54) is 13.8 Å². The van der Waals surface area contributed by atoms with Gasteiger partial charge in [-0.25, -0.2) is 0 Å². The van der Waals surface area contributed by atoms with Crippen LogP contribution in [0.1, 0.15) is 76.3 Å². The lowest BCUT2D eigenvalue weighted by Gasteiger charge is -2.15. The Morgan fingerprint density at radius 2 is 0.929 bits per heavy atom. The lowest BCUT2D eigenvalue weighted by molar-refractivity contribution is -0.147. The summed E-state index contributed by atoms with van der Waals surface area (Å²) in [6.45, 7) is 5.46. The number of benzene rings is 2. The van der Waals surface area contributed by atoms with E-state index in [0.717, 1.165) is 24.0 Å². The number of rotatable bonds is 23. The summed E-state index contributed by atoms with van der Waals surface area (Å²) < 4.78 is 22.1. The molecule has 2 unspecified atom stereocenters. The summed E-state index contributed by atoms with van der Waals surface area (Å²) in [5.74, 6) is -0.615. The van der Waals surface area contributed by atoms with Gasteiger partial charge >= 0.3 is 11.9 Å². The molecule has 2 rings (SSSR count). The van der Waals surface area contributed by atoms with Crippen molar-refractivity contribution < 1.29 is 38.1 Å². The first kappa shape index (κ1) is 34.8. The lowest BCUT2D eigenvalue weighted by atomic mass is 9.94. The summed E-state index contributed by atoms with van der Waals surface area (Å²) in [5.41, 5.74) is 1.86. The molecule has 42 heavy (non-hydrogen) atoms. The Morgan fingerprint density at radius 1 is 0.548 bits per heavy atom. The third kappa shape index (κ3) is 17.5. The van der Waals surface area contributed by atoms with Gasteiger partial charge < -0.3 is 28.5 Å². The molecule has 0 bridgehead atoms. The average molecular weight is 583 g/mol. The van der Waals surface area contributed by atoms with E-state index in [9.17, 15) is 19.2 Å². The molecule has 0 fully saturated rings. The predicted molar refractivity (Wildman–Crippen MR) is 159 cm³/mol. The van der Waals surface area contributed by atoms with Gasteiger partial charge in [-0.05, 0) is 62.5 Å². The summed E-state index contributed by atoms with van der Waals surface area (Å²) in [4.78, 5) is 47.9. The largest absolute Gasteiger partial charge is 0.461 e. The number of hydrogen-bond donors (Lipinski definition) is 0. The van der Waals surface area contributed by atoms with Crippen molar-refractivity contribution in [3.05, 3.63) is 71.8 Å². The molecule has 0 radical (unpaired) electrons. The SMILES string of the molecule is CC(=O)CC(CCCOCCOCCCC(CC(C)=O)CC(=O)OCc1ccccc1)CC(=O)OCc1ccccc1. The Balaban J connectivity index is 1.54. The zero-order chi connectivity index (χ0) is 30.4. The minimum Gasteiger partial charge on any atom is -0.461 e. The van der Waals surface area contributed by atoms with Crippen molar-refractivity contribution in [2.24, 2.45) is 11.8 Å². The molecule has 0 saturated carbocycles. The Bertz CT molecular complexity index is 968. The number of carbonyl (C=O) groups is 4. The van der Waals surface area contributed by atoms with E-state index in [1.807, 2.05) is 60.7 Å². The Morgan fingerprint density at radius 3 is 1.29 bits per heavy atom. The topological polar surface area (TPSA) is 105 Å². The zero-order valence-corrected chi connectivity index (χ0v) is 25.1. The maximum atomic E-state index is 12.3. The molecule has 230 valence electrons. The average Bonchev–Trinajstić information content (AvgIpc) is 2.96. The second-order valence-corrected chi connectivity index (χ2v) is 10.8. The molecule has 0 spiro atoms. The van der Waals surface area contributed by atoms with Crippen LogP contribution in [-0.2, 0) is 51.3 Å². The zero-order valence-electron chi connectivity index (χ0n) is 25.1. The van der Waals surface area contributed by atoms with Gasteiger partial charge in [-0.1, -0.05) is 60.7 Å². The van der Waals surface area contributed by atoms with Gasteiger partial charge in [-0.15, -0.1) is 0 Å². The highest BCUT2D eigenvalue weighted by Crippen LogP contribution is 2.19. The van der Waals surface area contributed by atoms with Crippen LogP contribution < -0.4 is 0 Å². The summed E-state index contributed by atoms with van der Waals surface area (Å²) in [6, 6.07) is 19.0. The first-order valence-corrected chi connectivity index (χ1v) is 14.8. The highest BCUT2D eigenvalue weighted by Gasteiger charge is 2.18. The molecule has 2 aromatic rings. The van der Waals surface area contributed by atoms with Gasteiger partial charge in [0, 0.05) is 38.9 Å².